The summed E-state index contributed by atoms with van der Waals surface area (Å²) in [5.74, 6) is -0.400. The Labute approximate surface area is 212 Å². The number of carbonyl (C=O) groups is 1. The average Bonchev–Trinajstić information content (AvgIpc) is 3.29. The number of halogens is 6. The number of nitrogens with one attached hydrogen (secondary N) is 1. The first kappa shape index (κ1) is 27.3. The van der Waals surface area contributed by atoms with Gasteiger partial charge in [-0.15, -0.1) is 0 Å². The largest absolute Gasteiger partial charge is 0.326 e. The molecule has 1 amide bonds. The van der Waals surface area contributed by atoms with E-state index in [9.17, 15) is 28.6 Å². The van der Waals surface area contributed by atoms with Gasteiger partial charge in [-0.1, -0.05) is 39.7 Å². The number of aromatic nitrogens is 1. The molecule has 2 aromatic carbocycles. The Balaban J connectivity index is 1.39. The van der Waals surface area contributed by atoms with Crippen molar-refractivity contribution in [2.45, 2.75) is 56.8 Å². The molecule has 4 rings (SSSR count). The van der Waals surface area contributed by atoms with Gasteiger partial charge in [0.05, 0.1) is 5.52 Å². The number of hydrogen-bond acceptors (Lipinski definition) is 2. The van der Waals surface area contributed by atoms with Gasteiger partial charge in [0.15, 0.2) is 0 Å². The highest BCUT2D eigenvalue weighted by Crippen LogP contribution is 3.02. The van der Waals surface area contributed by atoms with Crippen molar-refractivity contribution < 1.29 is 28.6 Å². The van der Waals surface area contributed by atoms with E-state index in [0.717, 1.165) is 60.7 Å². The zero-order valence-electron chi connectivity index (χ0n) is 20.6. The van der Waals surface area contributed by atoms with Crippen LogP contribution in [0.1, 0.15) is 57.4 Å². The number of pyridine rings is 1. The van der Waals surface area contributed by atoms with Crippen molar-refractivity contribution in [3.05, 3.63) is 66.1 Å². The van der Waals surface area contributed by atoms with Gasteiger partial charge < -0.3 is 5.32 Å². The summed E-state index contributed by atoms with van der Waals surface area (Å²) in [6.45, 7) is 3.77. The lowest BCUT2D eigenvalue weighted by Crippen LogP contribution is -2.28. The summed E-state index contributed by atoms with van der Waals surface area (Å²) >= 11 is 0. The van der Waals surface area contributed by atoms with Gasteiger partial charge in [-0.3, -0.25) is 9.78 Å². The number of amides is 1. The Bertz CT molecular complexity index is 1300. The summed E-state index contributed by atoms with van der Waals surface area (Å²) in [5, 5.41) is 3.39. The molecule has 4 unspecified atom stereocenters. The summed E-state index contributed by atoms with van der Waals surface area (Å²) in [5.41, 5.74) is 1.88. The minimum atomic E-state index is -9.76. The Morgan fingerprint density at radius 3 is 2.41 bits per heavy atom. The molecule has 1 saturated carbocycles. The second kappa shape index (κ2) is 9.22. The Kier molecular flexibility index (Phi) is 6.80. The van der Waals surface area contributed by atoms with Crippen LogP contribution in [0.25, 0.3) is 10.9 Å². The lowest BCUT2D eigenvalue weighted by Gasteiger charge is -2.40. The zero-order chi connectivity index (χ0) is 27.1. The van der Waals surface area contributed by atoms with Crippen molar-refractivity contribution >= 4 is 32.7 Å². The number of benzene rings is 2. The molecule has 0 aliphatic heterocycles. The minimum Gasteiger partial charge on any atom is -0.326 e. The predicted molar refractivity (Wildman–Crippen MR) is 136 cm³/mol. The first-order valence-electron chi connectivity index (χ1n) is 12.3. The third-order valence-corrected chi connectivity index (χ3v) is 8.73. The van der Waals surface area contributed by atoms with Crippen molar-refractivity contribution in [3.8, 4) is 0 Å². The first-order valence-corrected chi connectivity index (χ1v) is 14.3. The van der Waals surface area contributed by atoms with Crippen LogP contribution in [-0.2, 0) is 4.79 Å². The molecule has 1 fully saturated rings. The van der Waals surface area contributed by atoms with Gasteiger partial charge >= 0.3 is 10.2 Å². The van der Waals surface area contributed by atoms with Crippen molar-refractivity contribution in [1.29, 1.82) is 0 Å². The highest BCUT2D eigenvalue weighted by atomic mass is 32.5. The molecule has 1 aliphatic carbocycles. The van der Waals surface area contributed by atoms with Crippen molar-refractivity contribution in [1.82, 2.24) is 4.98 Å². The molecular weight excluding hydrogens is 514 g/mol. The highest BCUT2D eigenvalue weighted by molar-refractivity contribution is 8.45. The second-order valence-corrected chi connectivity index (χ2v) is 12.5. The molecule has 0 bridgehead atoms. The van der Waals surface area contributed by atoms with E-state index < -0.39 is 21.0 Å². The van der Waals surface area contributed by atoms with Crippen LogP contribution in [0.3, 0.4) is 0 Å². The highest BCUT2D eigenvalue weighted by Gasteiger charge is 2.65. The molecule has 3 aromatic rings. The van der Waals surface area contributed by atoms with Crippen LogP contribution in [0, 0.1) is 23.6 Å². The maximum Gasteiger partial charge on any atom is 0.310 e. The van der Waals surface area contributed by atoms with E-state index in [4.69, 9.17) is 0 Å². The van der Waals surface area contributed by atoms with E-state index in [1.165, 1.54) is 12.1 Å². The number of nitrogens with zero attached hydrogens (tertiary/aromatic N) is 1. The second-order valence-electron chi connectivity index (χ2n) is 10.1. The van der Waals surface area contributed by atoms with Crippen LogP contribution < -0.4 is 5.32 Å². The topological polar surface area (TPSA) is 42.0 Å². The van der Waals surface area contributed by atoms with E-state index in [-0.39, 0.29) is 29.2 Å². The maximum atomic E-state index is 13.9. The molecule has 10 heteroatoms. The first-order chi connectivity index (χ1) is 17.1. The standard InChI is InChI=1S/C27H30F6N2OS/c1-3-19(17(2)27(36)35-22-7-9-23(10-8-22)37(29,30,31,32)33)14-18-4-5-20(15-18)24-12-13-34-26-11-6-21(28)16-25(24)26/h6-13,16-20H,3-5,14-15H2,1-2H3,(H,35,36). The molecule has 0 saturated heterocycles. The molecule has 202 valence electrons. The Morgan fingerprint density at radius 1 is 1.05 bits per heavy atom. The molecule has 0 spiro atoms. The quantitative estimate of drug-likeness (QED) is 0.287. The molecule has 1 aromatic heterocycles. The number of carbonyl (C=O) groups excluding carboxylic acids is 1. The molecule has 0 radical (unpaired) electrons. The fourth-order valence-electron chi connectivity index (χ4n) is 5.49. The van der Waals surface area contributed by atoms with Gasteiger partial charge in [0, 0.05) is 23.2 Å². The maximum absolute atomic E-state index is 13.9. The van der Waals surface area contributed by atoms with Crippen LogP contribution in [0.4, 0.5) is 29.5 Å². The number of rotatable bonds is 8. The summed E-state index contributed by atoms with van der Waals surface area (Å²) in [7, 11) is -9.76. The van der Waals surface area contributed by atoms with Crippen LogP contribution in [0.15, 0.2) is 59.6 Å². The molecule has 4 atom stereocenters. The van der Waals surface area contributed by atoms with Gasteiger partial charge in [0.1, 0.15) is 10.7 Å². The molecular formula is C27H30F6N2OS. The summed E-state index contributed by atoms with van der Waals surface area (Å²) < 4.78 is 78.6. The average molecular weight is 545 g/mol. The summed E-state index contributed by atoms with van der Waals surface area (Å²) in [6.07, 6.45) is 6.13. The smallest absolute Gasteiger partial charge is 0.310 e. The Morgan fingerprint density at radius 2 is 1.76 bits per heavy atom. The van der Waals surface area contributed by atoms with E-state index in [2.05, 4.69) is 10.3 Å². The molecule has 1 heterocycles. The number of fused-ring (bicyclic) bond motifs is 1. The van der Waals surface area contributed by atoms with Gasteiger partial charge in [0.2, 0.25) is 5.91 Å². The van der Waals surface area contributed by atoms with Crippen LogP contribution in [0.5, 0.6) is 0 Å². The normalized spacial score (nSPS) is 21.7. The third-order valence-electron chi connectivity index (χ3n) is 7.57. The van der Waals surface area contributed by atoms with Crippen LogP contribution >= 0.6 is 10.2 Å². The van der Waals surface area contributed by atoms with E-state index in [1.54, 1.807) is 19.2 Å². The monoisotopic (exact) mass is 544 g/mol. The lowest BCUT2D eigenvalue weighted by atomic mass is 9.82. The molecule has 1 aliphatic rings. The van der Waals surface area contributed by atoms with Crippen LogP contribution in [-0.4, -0.2) is 10.9 Å². The van der Waals surface area contributed by atoms with Gasteiger partial charge in [-0.2, -0.15) is 0 Å². The van der Waals surface area contributed by atoms with E-state index in [1.807, 2.05) is 13.0 Å². The fourth-order valence-corrected chi connectivity index (χ4v) is 6.14. The third kappa shape index (κ3) is 6.40. The number of anilines is 1. The van der Waals surface area contributed by atoms with E-state index in [0.29, 0.717) is 18.1 Å². The molecule has 1 N–H and O–H groups in total. The summed E-state index contributed by atoms with van der Waals surface area (Å²) in [6, 6.07) is 8.84. The molecule has 3 nitrogen and oxygen atoms in total. The minimum absolute atomic E-state index is 0.0371. The van der Waals surface area contributed by atoms with Gasteiger partial charge in [-0.25, -0.2) is 4.39 Å². The zero-order valence-corrected chi connectivity index (χ0v) is 21.4. The Hall–Kier alpha value is -2.75. The van der Waals surface area contributed by atoms with Crippen LogP contribution in [0.2, 0.25) is 0 Å². The fraction of sp³-hybridized carbons (Fsp3) is 0.407. The number of hydrogen-bond donors (Lipinski definition) is 1. The lowest BCUT2D eigenvalue weighted by molar-refractivity contribution is -0.121. The van der Waals surface area contributed by atoms with Crippen molar-refractivity contribution in [2.75, 3.05) is 5.32 Å². The van der Waals surface area contributed by atoms with Gasteiger partial charge in [0.25, 0.3) is 0 Å². The van der Waals surface area contributed by atoms with Gasteiger partial charge in [-0.05, 0) is 97.5 Å². The molecule has 37 heavy (non-hydrogen) atoms. The predicted octanol–water partition coefficient (Wildman–Crippen LogP) is 9.61. The van der Waals surface area contributed by atoms with E-state index >= 15 is 0 Å². The summed E-state index contributed by atoms with van der Waals surface area (Å²) in [4.78, 5) is 15.2. The van der Waals surface area contributed by atoms with Crippen molar-refractivity contribution in [3.63, 3.8) is 0 Å². The van der Waals surface area contributed by atoms with Crippen molar-refractivity contribution in [2.24, 2.45) is 17.8 Å². The SMILES string of the molecule is CCC(CC1CCC(c2ccnc3ccc(F)cc23)C1)C(C)C(=O)Nc1ccc(S(F)(F)(F)(F)F)cc1.